The van der Waals surface area contributed by atoms with Crippen molar-refractivity contribution in [3.63, 3.8) is 0 Å². The number of amides is 2. The van der Waals surface area contributed by atoms with Gasteiger partial charge in [0, 0.05) is 38.6 Å². The number of aromatic nitrogens is 1. The van der Waals surface area contributed by atoms with E-state index in [4.69, 9.17) is 4.42 Å². The second kappa shape index (κ2) is 7.34. The molecule has 1 unspecified atom stereocenters. The average molecular weight is 366 g/mol. The molecule has 0 N–H and O–H groups in total. The average Bonchev–Trinajstić information content (AvgIpc) is 3.37. The lowest BCUT2D eigenvalue weighted by Crippen LogP contribution is -2.43. The van der Waals surface area contributed by atoms with Gasteiger partial charge in [-0.2, -0.15) is 5.10 Å². The van der Waals surface area contributed by atoms with Crippen molar-refractivity contribution in [1.82, 2.24) is 14.9 Å². The molecule has 0 saturated carbocycles. The Kier molecular flexibility index (Phi) is 4.75. The molecule has 1 atom stereocenters. The second-order valence-corrected chi connectivity index (χ2v) is 6.96. The summed E-state index contributed by atoms with van der Waals surface area (Å²) in [5.74, 6) is 0.262. The highest BCUT2D eigenvalue weighted by atomic mass is 16.3. The molecule has 2 aliphatic rings. The molecule has 0 spiro atoms. The van der Waals surface area contributed by atoms with Crippen LogP contribution in [0.3, 0.4) is 0 Å². The standard InChI is InChI=1S/C20H22N4O3/c1-14-22-17(13-27-14)20(26)23-11-8-16(9-12-23)19(25)24-18(7-10-21-24)15-5-3-2-4-6-15/h2-6,10,13,16,18H,7-9,11-12H2,1H3. The minimum Gasteiger partial charge on any atom is -0.448 e. The molecule has 1 saturated heterocycles. The first-order valence-corrected chi connectivity index (χ1v) is 9.25. The maximum atomic E-state index is 13.0. The quantitative estimate of drug-likeness (QED) is 0.837. The van der Waals surface area contributed by atoms with Crippen molar-refractivity contribution >= 4 is 18.0 Å². The summed E-state index contributed by atoms with van der Waals surface area (Å²) in [5.41, 5.74) is 1.42. The van der Waals surface area contributed by atoms with Crippen LogP contribution in [0.2, 0.25) is 0 Å². The van der Waals surface area contributed by atoms with Gasteiger partial charge < -0.3 is 9.32 Å². The number of hydrogen-bond donors (Lipinski definition) is 0. The maximum absolute atomic E-state index is 13.0. The first-order valence-electron chi connectivity index (χ1n) is 9.25. The van der Waals surface area contributed by atoms with Crippen molar-refractivity contribution in [3.05, 3.63) is 53.7 Å². The highest BCUT2D eigenvalue weighted by Gasteiger charge is 2.35. The van der Waals surface area contributed by atoms with Gasteiger partial charge in [0.05, 0.1) is 6.04 Å². The number of benzene rings is 1. The van der Waals surface area contributed by atoms with Crippen molar-refractivity contribution in [2.45, 2.75) is 32.2 Å². The molecule has 0 bridgehead atoms. The Morgan fingerprint density at radius 2 is 1.89 bits per heavy atom. The maximum Gasteiger partial charge on any atom is 0.275 e. The lowest BCUT2D eigenvalue weighted by atomic mass is 9.94. The van der Waals surface area contributed by atoms with Gasteiger partial charge in [-0.25, -0.2) is 9.99 Å². The van der Waals surface area contributed by atoms with Gasteiger partial charge in [0.2, 0.25) is 5.91 Å². The van der Waals surface area contributed by atoms with E-state index in [-0.39, 0.29) is 23.8 Å². The lowest BCUT2D eigenvalue weighted by Gasteiger charge is -2.33. The number of piperidine rings is 1. The Balaban J connectivity index is 1.38. The van der Waals surface area contributed by atoms with E-state index in [1.807, 2.05) is 30.3 Å². The summed E-state index contributed by atoms with van der Waals surface area (Å²) in [7, 11) is 0. The van der Waals surface area contributed by atoms with Gasteiger partial charge >= 0.3 is 0 Å². The van der Waals surface area contributed by atoms with Gasteiger partial charge in [0.25, 0.3) is 5.91 Å². The van der Waals surface area contributed by atoms with Gasteiger partial charge in [0.15, 0.2) is 11.6 Å². The van der Waals surface area contributed by atoms with Gasteiger partial charge in [-0.15, -0.1) is 0 Å². The number of aryl methyl sites for hydroxylation is 1. The van der Waals surface area contributed by atoms with Gasteiger partial charge in [0.1, 0.15) is 6.26 Å². The van der Waals surface area contributed by atoms with Crippen LogP contribution in [0.1, 0.15) is 47.2 Å². The number of hydrazone groups is 1. The summed E-state index contributed by atoms with van der Waals surface area (Å²) in [5, 5.41) is 5.95. The predicted molar refractivity (Wildman–Crippen MR) is 99.0 cm³/mol. The van der Waals surface area contributed by atoms with E-state index in [0.717, 1.165) is 12.0 Å². The van der Waals surface area contributed by atoms with Crippen LogP contribution >= 0.6 is 0 Å². The zero-order valence-electron chi connectivity index (χ0n) is 15.2. The van der Waals surface area contributed by atoms with Crippen molar-refractivity contribution < 1.29 is 14.0 Å². The molecule has 1 fully saturated rings. The second-order valence-electron chi connectivity index (χ2n) is 6.96. The number of carbonyl (C=O) groups excluding carboxylic acids is 2. The minimum absolute atomic E-state index is 0.0310. The Bertz CT molecular complexity index is 853. The van der Waals surface area contributed by atoms with Crippen molar-refractivity contribution in [2.75, 3.05) is 13.1 Å². The topological polar surface area (TPSA) is 79.0 Å². The first-order chi connectivity index (χ1) is 13.1. The number of hydrogen-bond acceptors (Lipinski definition) is 5. The monoisotopic (exact) mass is 366 g/mol. The Labute approximate surface area is 157 Å². The SMILES string of the molecule is Cc1nc(C(=O)N2CCC(C(=O)N3N=CCC3c3ccccc3)CC2)co1. The number of carbonyl (C=O) groups is 2. The predicted octanol–water partition coefficient (Wildman–Crippen LogP) is 2.79. The highest BCUT2D eigenvalue weighted by molar-refractivity contribution is 5.92. The fourth-order valence-electron chi connectivity index (χ4n) is 3.72. The van der Waals surface area contributed by atoms with Gasteiger partial charge in [-0.3, -0.25) is 9.59 Å². The Hall–Kier alpha value is -2.96. The molecular weight excluding hydrogens is 344 g/mol. The summed E-state index contributed by atoms with van der Waals surface area (Å²) in [6.07, 6.45) is 5.20. The molecule has 7 nitrogen and oxygen atoms in total. The molecule has 4 rings (SSSR count). The smallest absolute Gasteiger partial charge is 0.275 e. The van der Waals surface area contributed by atoms with Crippen LogP contribution in [0.4, 0.5) is 0 Å². The fourth-order valence-corrected chi connectivity index (χ4v) is 3.72. The van der Waals surface area contributed by atoms with Crippen LogP contribution in [-0.4, -0.2) is 46.0 Å². The summed E-state index contributed by atoms with van der Waals surface area (Å²) in [6, 6.07) is 9.95. The molecule has 2 aliphatic heterocycles. The summed E-state index contributed by atoms with van der Waals surface area (Å²) in [4.78, 5) is 31.3. The van der Waals surface area contributed by atoms with E-state index < -0.39 is 0 Å². The molecule has 1 aromatic heterocycles. The molecule has 3 heterocycles. The molecule has 140 valence electrons. The summed E-state index contributed by atoms with van der Waals surface area (Å²) in [6.45, 7) is 2.78. The van der Waals surface area contributed by atoms with Crippen LogP contribution in [0.15, 0.2) is 46.1 Å². The molecule has 2 amide bonds. The molecule has 1 aromatic carbocycles. The third kappa shape index (κ3) is 3.49. The van der Waals surface area contributed by atoms with Crippen LogP contribution in [0.25, 0.3) is 0 Å². The van der Waals surface area contributed by atoms with Gasteiger partial charge in [-0.05, 0) is 18.4 Å². The van der Waals surface area contributed by atoms with E-state index in [2.05, 4.69) is 10.1 Å². The molecule has 7 heteroatoms. The van der Waals surface area contributed by atoms with Crippen molar-refractivity contribution in [2.24, 2.45) is 11.0 Å². The van der Waals surface area contributed by atoms with E-state index in [1.165, 1.54) is 6.26 Å². The first kappa shape index (κ1) is 17.5. The van der Waals surface area contributed by atoms with Crippen LogP contribution in [0.5, 0.6) is 0 Å². The van der Waals surface area contributed by atoms with E-state index in [0.29, 0.717) is 37.5 Å². The summed E-state index contributed by atoms with van der Waals surface area (Å²) >= 11 is 0. The number of likely N-dealkylation sites (tertiary alicyclic amines) is 1. The normalized spacial score (nSPS) is 20.3. The molecular formula is C20H22N4O3. The van der Waals surface area contributed by atoms with Crippen molar-refractivity contribution in [1.29, 1.82) is 0 Å². The molecule has 0 radical (unpaired) electrons. The number of rotatable bonds is 3. The summed E-state index contributed by atoms with van der Waals surface area (Å²) < 4.78 is 5.12. The highest BCUT2D eigenvalue weighted by Crippen LogP contribution is 2.31. The Morgan fingerprint density at radius 3 is 2.56 bits per heavy atom. The zero-order chi connectivity index (χ0) is 18.8. The Morgan fingerprint density at radius 1 is 1.15 bits per heavy atom. The van der Waals surface area contributed by atoms with Crippen LogP contribution in [-0.2, 0) is 4.79 Å². The van der Waals surface area contributed by atoms with E-state index in [1.54, 1.807) is 23.0 Å². The third-order valence-electron chi connectivity index (χ3n) is 5.21. The largest absolute Gasteiger partial charge is 0.448 e. The third-order valence-corrected chi connectivity index (χ3v) is 5.21. The number of nitrogens with zero attached hydrogens (tertiary/aromatic N) is 4. The zero-order valence-corrected chi connectivity index (χ0v) is 15.2. The van der Waals surface area contributed by atoms with Gasteiger partial charge in [-0.1, -0.05) is 30.3 Å². The van der Waals surface area contributed by atoms with Crippen LogP contribution < -0.4 is 0 Å². The minimum atomic E-state index is -0.140. The molecule has 2 aromatic rings. The fraction of sp³-hybridized carbons (Fsp3) is 0.400. The molecule has 27 heavy (non-hydrogen) atoms. The van der Waals surface area contributed by atoms with Crippen molar-refractivity contribution in [3.8, 4) is 0 Å². The van der Waals surface area contributed by atoms with E-state index >= 15 is 0 Å². The van der Waals surface area contributed by atoms with Crippen LogP contribution in [0, 0.1) is 12.8 Å². The van der Waals surface area contributed by atoms with E-state index in [9.17, 15) is 9.59 Å². The lowest BCUT2D eigenvalue weighted by molar-refractivity contribution is -0.138. The molecule has 0 aliphatic carbocycles. The number of oxazole rings is 1.